The maximum absolute atomic E-state index is 13.3. The van der Waals surface area contributed by atoms with Crippen LogP contribution in [0.3, 0.4) is 0 Å². The van der Waals surface area contributed by atoms with Crippen LogP contribution in [0.2, 0.25) is 0 Å². The Morgan fingerprint density at radius 2 is 2.06 bits per heavy atom. The van der Waals surface area contributed by atoms with Crippen molar-refractivity contribution >= 4 is 22.8 Å². The van der Waals surface area contributed by atoms with Gasteiger partial charge >= 0.3 is 6.61 Å². The van der Waals surface area contributed by atoms with Crippen molar-refractivity contribution in [3.05, 3.63) is 47.3 Å². The number of carbonyl (C=O) groups excluding carboxylic acids is 2. The average Bonchev–Trinajstić information content (AvgIpc) is 3.16. The van der Waals surface area contributed by atoms with Gasteiger partial charge in [0.05, 0.1) is 18.1 Å². The number of piperidine rings is 1. The fraction of sp³-hybridized carbons (Fsp3) is 0.417. The fourth-order valence-electron chi connectivity index (χ4n) is 4.46. The number of rotatable bonds is 6. The summed E-state index contributed by atoms with van der Waals surface area (Å²) in [6.45, 7) is 1.63. The number of aromatic nitrogens is 3. The van der Waals surface area contributed by atoms with Crippen LogP contribution in [0, 0.1) is 12.8 Å². The minimum Gasteiger partial charge on any atom is -0.468 e. The predicted octanol–water partition coefficient (Wildman–Crippen LogP) is 3.17. The van der Waals surface area contributed by atoms with Crippen molar-refractivity contribution in [1.29, 1.82) is 0 Å². The Kier molecular flexibility index (Phi) is 6.86. The summed E-state index contributed by atoms with van der Waals surface area (Å²) < 4.78 is 36.8. The number of benzene rings is 1. The highest BCUT2D eigenvalue weighted by atomic mass is 19.3. The Hall–Kier alpha value is -3.76. The van der Waals surface area contributed by atoms with Crippen molar-refractivity contribution in [1.82, 2.24) is 24.8 Å². The van der Waals surface area contributed by atoms with E-state index in [0.29, 0.717) is 31.1 Å². The van der Waals surface area contributed by atoms with Gasteiger partial charge in [0.2, 0.25) is 0 Å². The van der Waals surface area contributed by atoms with Gasteiger partial charge in [0.15, 0.2) is 11.4 Å². The van der Waals surface area contributed by atoms with Crippen LogP contribution in [-0.4, -0.2) is 64.1 Å². The zero-order chi connectivity index (χ0) is 25.3. The van der Waals surface area contributed by atoms with Gasteiger partial charge in [-0.2, -0.15) is 13.8 Å². The van der Waals surface area contributed by atoms with Crippen molar-refractivity contribution in [2.75, 3.05) is 20.2 Å². The van der Waals surface area contributed by atoms with Gasteiger partial charge in [0.1, 0.15) is 0 Å². The molecule has 1 aliphatic heterocycles. The van der Waals surface area contributed by atoms with E-state index in [1.54, 1.807) is 16.6 Å². The Balaban J connectivity index is 1.45. The molecule has 1 fully saturated rings. The number of ether oxygens (including phenoxy) is 2. The molecule has 0 spiro atoms. The molecule has 3 aromatic rings. The second-order valence-corrected chi connectivity index (χ2v) is 8.64. The summed E-state index contributed by atoms with van der Waals surface area (Å²) in [5.41, 5.74) is 2.81. The number of nitrogens with one attached hydrogen (secondary N) is 1. The largest absolute Gasteiger partial charge is 0.468 e. The lowest BCUT2D eigenvalue weighted by Crippen LogP contribution is -2.51. The molecule has 11 heteroatoms. The molecule has 2 aromatic heterocycles. The molecule has 186 valence electrons. The second-order valence-electron chi connectivity index (χ2n) is 8.64. The molecule has 1 N–H and O–H groups in total. The topological polar surface area (TPSA) is 98.6 Å². The number of alkyl halides is 2. The van der Waals surface area contributed by atoms with E-state index < -0.39 is 12.5 Å². The SMILES string of the molecule is COc1nc2c(C)cc(C(=O)N3CC[C@@H](NC(=O)c4ncccc4OC(F)F)[C@@H](C)C3)cc2n1C. The third-order valence-corrected chi connectivity index (χ3v) is 6.28. The van der Waals surface area contributed by atoms with E-state index in [1.807, 2.05) is 33.0 Å². The number of aryl methyl sites for hydroxylation is 2. The van der Waals surface area contributed by atoms with Gasteiger partial charge in [-0.3, -0.25) is 14.2 Å². The highest BCUT2D eigenvalue weighted by molar-refractivity contribution is 5.98. The van der Waals surface area contributed by atoms with E-state index in [1.165, 1.54) is 18.3 Å². The lowest BCUT2D eigenvalue weighted by atomic mass is 9.93. The lowest BCUT2D eigenvalue weighted by molar-refractivity contribution is -0.0504. The van der Waals surface area contributed by atoms with Crippen molar-refractivity contribution in [2.45, 2.75) is 32.9 Å². The van der Waals surface area contributed by atoms with Gasteiger partial charge in [0.25, 0.3) is 17.8 Å². The number of halogens is 2. The first-order valence-corrected chi connectivity index (χ1v) is 11.2. The summed E-state index contributed by atoms with van der Waals surface area (Å²) in [5.74, 6) is -1.05. The number of hydrogen-bond donors (Lipinski definition) is 1. The van der Waals surface area contributed by atoms with Crippen LogP contribution in [-0.2, 0) is 7.05 Å². The summed E-state index contributed by atoms with van der Waals surface area (Å²) in [4.78, 5) is 36.1. The standard InChI is InChI=1S/C24H27F2N5O4/c1-13-10-15(11-17-19(13)29-24(34-4)30(17)3)22(33)31-9-7-16(14(2)12-31)28-21(32)20-18(35-23(25)26)6-5-8-27-20/h5-6,8,10-11,14,16,23H,7,9,12H2,1-4H3,(H,28,32)/t14-,16+/m0/s1. The van der Waals surface area contributed by atoms with E-state index in [-0.39, 0.29) is 29.3 Å². The molecular formula is C24H27F2N5O4. The number of imidazole rings is 1. The Labute approximate surface area is 201 Å². The molecule has 0 unspecified atom stereocenters. The van der Waals surface area contributed by atoms with Gasteiger partial charge in [-0.25, -0.2) is 4.98 Å². The van der Waals surface area contributed by atoms with Gasteiger partial charge in [-0.05, 0) is 49.1 Å². The van der Waals surface area contributed by atoms with Gasteiger partial charge in [-0.15, -0.1) is 0 Å². The van der Waals surface area contributed by atoms with Crippen LogP contribution in [0.25, 0.3) is 11.0 Å². The summed E-state index contributed by atoms with van der Waals surface area (Å²) in [5, 5.41) is 2.86. The summed E-state index contributed by atoms with van der Waals surface area (Å²) in [7, 11) is 3.38. The van der Waals surface area contributed by atoms with Crippen molar-refractivity contribution in [3.8, 4) is 11.8 Å². The van der Waals surface area contributed by atoms with Crippen LogP contribution >= 0.6 is 0 Å². The van der Waals surface area contributed by atoms with Crippen LogP contribution in [0.4, 0.5) is 8.78 Å². The van der Waals surface area contributed by atoms with Crippen molar-refractivity contribution in [2.24, 2.45) is 13.0 Å². The Morgan fingerprint density at radius 1 is 1.29 bits per heavy atom. The number of fused-ring (bicyclic) bond motifs is 1. The number of methoxy groups -OCH3 is 1. The van der Waals surface area contributed by atoms with Crippen LogP contribution < -0.4 is 14.8 Å². The third kappa shape index (κ3) is 4.89. The first kappa shape index (κ1) is 24.4. The van der Waals surface area contributed by atoms with Crippen molar-refractivity contribution in [3.63, 3.8) is 0 Å². The Morgan fingerprint density at radius 3 is 2.74 bits per heavy atom. The predicted molar refractivity (Wildman–Crippen MR) is 124 cm³/mol. The molecule has 0 saturated carbocycles. The molecule has 9 nitrogen and oxygen atoms in total. The fourth-order valence-corrected chi connectivity index (χ4v) is 4.46. The summed E-state index contributed by atoms with van der Waals surface area (Å²) in [6.07, 6.45) is 1.85. The van der Waals surface area contributed by atoms with Crippen LogP contribution in [0.15, 0.2) is 30.5 Å². The minimum absolute atomic E-state index is 0.0681. The summed E-state index contributed by atoms with van der Waals surface area (Å²) in [6, 6.07) is 6.54. The first-order valence-electron chi connectivity index (χ1n) is 11.2. The molecule has 35 heavy (non-hydrogen) atoms. The zero-order valence-corrected chi connectivity index (χ0v) is 19.9. The molecule has 0 aliphatic carbocycles. The monoisotopic (exact) mass is 487 g/mol. The smallest absolute Gasteiger partial charge is 0.387 e. The molecule has 2 atom stereocenters. The van der Waals surface area contributed by atoms with E-state index in [4.69, 9.17) is 4.74 Å². The molecule has 0 radical (unpaired) electrons. The molecule has 1 aliphatic rings. The molecular weight excluding hydrogens is 460 g/mol. The number of hydrogen-bond acceptors (Lipinski definition) is 6. The molecule has 3 heterocycles. The maximum atomic E-state index is 13.3. The van der Waals surface area contributed by atoms with E-state index in [2.05, 4.69) is 20.0 Å². The molecule has 1 saturated heterocycles. The molecule has 2 amide bonds. The van der Waals surface area contributed by atoms with Gasteiger partial charge in [0, 0.05) is 37.9 Å². The van der Waals surface area contributed by atoms with E-state index in [9.17, 15) is 18.4 Å². The zero-order valence-electron chi connectivity index (χ0n) is 19.9. The van der Waals surface area contributed by atoms with Gasteiger partial charge in [-0.1, -0.05) is 6.92 Å². The summed E-state index contributed by atoms with van der Waals surface area (Å²) >= 11 is 0. The lowest BCUT2D eigenvalue weighted by Gasteiger charge is -2.37. The highest BCUT2D eigenvalue weighted by Gasteiger charge is 2.31. The van der Waals surface area contributed by atoms with Gasteiger partial charge < -0.3 is 19.7 Å². The molecule has 4 rings (SSSR count). The van der Waals surface area contributed by atoms with Crippen LogP contribution in [0.5, 0.6) is 11.8 Å². The number of pyridine rings is 1. The second kappa shape index (κ2) is 9.85. The van der Waals surface area contributed by atoms with E-state index in [0.717, 1.165) is 16.6 Å². The van der Waals surface area contributed by atoms with E-state index >= 15 is 0 Å². The minimum atomic E-state index is -3.06. The van der Waals surface area contributed by atoms with Crippen molar-refractivity contribution < 1.29 is 27.8 Å². The number of likely N-dealkylation sites (tertiary alicyclic amines) is 1. The normalized spacial score (nSPS) is 18.1. The number of amides is 2. The average molecular weight is 488 g/mol. The molecule has 0 bridgehead atoms. The Bertz CT molecular complexity index is 1260. The number of nitrogens with zero attached hydrogens (tertiary/aromatic N) is 4. The maximum Gasteiger partial charge on any atom is 0.387 e. The van der Waals surface area contributed by atoms with Crippen LogP contribution in [0.1, 0.15) is 39.8 Å². The number of carbonyl (C=O) groups is 2. The quantitative estimate of drug-likeness (QED) is 0.574. The highest BCUT2D eigenvalue weighted by Crippen LogP contribution is 2.27. The third-order valence-electron chi connectivity index (χ3n) is 6.28. The first-order chi connectivity index (χ1) is 16.7. The molecule has 1 aromatic carbocycles.